The summed E-state index contributed by atoms with van der Waals surface area (Å²) in [4.78, 5) is -0.0443. The van der Waals surface area contributed by atoms with Crippen LogP contribution in [0.5, 0.6) is 0 Å². The van der Waals surface area contributed by atoms with E-state index >= 15 is 0 Å². The van der Waals surface area contributed by atoms with Gasteiger partial charge in [0.15, 0.2) is 0 Å². The van der Waals surface area contributed by atoms with Gasteiger partial charge >= 0.3 is 29.6 Å². The second kappa shape index (κ2) is 12.2. The molecule has 0 spiro atoms. The quantitative estimate of drug-likeness (QED) is 0.332. The summed E-state index contributed by atoms with van der Waals surface area (Å²) >= 11 is 0. The van der Waals surface area contributed by atoms with E-state index < -0.39 is 10.1 Å². The van der Waals surface area contributed by atoms with Crippen LogP contribution < -0.4 is 29.6 Å². The summed E-state index contributed by atoms with van der Waals surface area (Å²) in [5, 5.41) is 1.95. The molecule has 0 heterocycles. The largest absolute Gasteiger partial charge is 1.00 e. The van der Waals surface area contributed by atoms with Crippen LogP contribution in [0.1, 0.15) is 76.3 Å². The predicted molar refractivity (Wildman–Crippen MR) is 108 cm³/mol. The molecule has 0 fully saturated rings. The molecule has 0 unspecified atom stereocenters. The molecule has 2 rings (SSSR count). The fraction of sp³-hybridized carbons (Fsp3) is 0.545. The number of hydrogen-bond donors (Lipinski definition) is 0. The van der Waals surface area contributed by atoms with Crippen molar-refractivity contribution in [3.63, 3.8) is 0 Å². The molecule has 0 aliphatic rings. The summed E-state index contributed by atoms with van der Waals surface area (Å²) in [5.74, 6) is 0. The monoisotopic (exact) mass is 398 g/mol. The van der Waals surface area contributed by atoms with Crippen LogP contribution in [0.2, 0.25) is 0 Å². The first-order valence-corrected chi connectivity index (χ1v) is 11.4. The summed E-state index contributed by atoms with van der Waals surface area (Å²) < 4.78 is 35.1. The summed E-state index contributed by atoms with van der Waals surface area (Å²) in [6.07, 6.45) is 10.8. The molecule has 0 atom stereocenters. The topological polar surface area (TPSA) is 57.2 Å². The van der Waals surface area contributed by atoms with E-state index in [1.165, 1.54) is 37.3 Å². The van der Waals surface area contributed by atoms with Gasteiger partial charge < -0.3 is 4.55 Å². The molecule has 0 aromatic heterocycles. The van der Waals surface area contributed by atoms with Gasteiger partial charge in [-0.15, -0.1) is 0 Å². The predicted octanol–water partition coefficient (Wildman–Crippen LogP) is 2.99. The van der Waals surface area contributed by atoms with Crippen molar-refractivity contribution < 1.29 is 42.5 Å². The van der Waals surface area contributed by atoms with Crippen LogP contribution in [-0.4, -0.2) is 13.0 Å². The Morgan fingerprint density at radius 2 is 1.44 bits per heavy atom. The van der Waals surface area contributed by atoms with Crippen LogP contribution in [-0.2, 0) is 23.0 Å². The fourth-order valence-corrected chi connectivity index (χ4v) is 4.30. The van der Waals surface area contributed by atoms with E-state index in [2.05, 4.69) is 26.0 Å². The molecule has 3 nitrogen and oxygen atoms in total. The maximum Gasteiger partial charge on any atom is 1.00 e. The second-order valence-electron chi connectivity index (χ2n) is 7.17. The Morgan fingerprint density at radius 1 is 0.815 bits per heavy atom. The van der Waals surface area contributed by atoms with Crippen LogP contribution in [0.4, 0.5) is 0 Å². The smallest absolute Gasteiger partial charge is 0.744 e. The van der Waals surface area contributed by atoms with Crippen LogP contribution in [0, 0.1) is 0 Å². The molecular formula is C22H31NaO3S. The molecule has 0 aliphatic carbocycles. The molecule has 144 valence electrons. The summed E-state index contributed by atoms with van der Waals surface area (Å²) in [6, 6.07) is 9.53. The standard InChI is InChI=1S/C22H32O3S.Na/c1-3-5-7-9-11-18-13-15-20-19(17-18)14-16-22(26(23,24)25)21(20)12-10-8-6-4-2;/h13-17H,3-12H2,1-2H3,(H,23,24,25);/q;+1/p-1. The van der Waals surface area contributed by atoms with Crippen molar-refractivity contribution in [2.75, 3.05) is 0 Å². The van der Waals surface area contributed by atoms with Crippen molar-refractivity contribution in [2.45, 2.75) is 83.0 Å². The number of benzene rings is 2. The van der Waals surface area contributed by atoms with E-state index in [-0.39, 0.29) is 34.5 Å². The van der Waals surface area contributed by atoms with Gasteiger partial charge in [-0.25, -0.2) is 8.42 Å². The molecule has 0 amide bonds. The minimum Gasteiger partial charge on any atom is -0.744 e. The van der Waals surface area contributed by atoms with Gasteiger partial charge in [0.05, 0.1) is 4.90 Å². The van der Waals surface area contributed by atoms with Crippen LogP contribution in [0.15, 0.2) is 35.2 Å². The SMILES string of the molecule is CCCCCCc1ccc2c(CCCCCC)c(S(=O)(=O)[O-])ccc2c1.[Na+]. The van der Waals surface area contributed by atoms with Crippen molar-refractivity contribution in [2.24, 2.45) is 0 Å². The number of aryl methyl sites for hydroxylation is 2. The number of hydrogen-bond acceptors (Lipinski definition) is 3. The number of rotatable bonds is 11. The Kier molecular flexibility index (Phi) is 11.2. The first-order chi connectivity index (χ1) is 12.5. The molecule has 0 aliphatic heterocycles. The Bertz CT molecular complexity index is 816. The number of fused-ring (bicyclic) bond motifs is 1. The van der Waals surface area contributed by atoms with Crippen LogP contribution in [0.3, 0.4) is 0 Å². The molecule has 27 heavy (non-hydrogen) atoms. The Morgan fingerprint density at radius 3 is 2.04 bits per heavy atom. The van der Waals surface area contributed by atoms with E-state index in [0.717, 1.165) is 42.9 Å². The molecular weight excluding hydrogens is 367 g/mol. The zero-order chi connectivity index (χ0) is 19.0. The second-order valence-corrected chi connectivity index (χ2v) is 8.52. The van der Waals surface area contributed by atoms with Crippen molar-refractivity contribution in [1.29, 1.82) is 0 Å². The van der Waals surface area contributed by atoms with Gasteiger partial charge in [-0.05, 0) is 53.6 Å². The first kappa shape index (κ1) is 24.6. The summed E-state index contributed by atoms with van der Waals surface area (Å²) in [6.45, 7) is 4.35. The molecule has 0 saturated heterocycles. The van der Waals surface area contributed by atoms with Gasteiger partial charge in [-0.3, -0.25) is 0 Å². The summed E-state index contributed by atoms with van der Waals surface area (Å²) in [5.41, 5.74) is 1.98. The Balaban J connectivity index is 0.00000364. The molecule has 0 bridgehead atoms. The minimum absolute atomic E-state index is 0. The van der Waals surface area contributed by atoms with Gasteiger partial charge in [-0.1, -0.05) is 76.6 Å². The molecule has 2 aromatic rings. The van der Waals surface area contributed by atoms with E-state index in [4.69, 9.17) is 0 Å². The Hall–Kier alpha value is -0.390. The maximum atomic E-state index is 11.7. The van der Waals surface area contributed by atoms with Crippen molar-refractivity contribution in [3.8, 4) is 0 Å². The normalized spacial score (nSPS) is 11.5. The van der Waals surface area contributed by atoms with E-state index in [0.29, 0.717) is 12.0 Å². The van der Waals surface area contributed by atoms with Gasteiger partial charge in [0.1, 0.15) is 10.1 Å². The first-order valence-electron chi connectivity index (χ1n) is 9.97. The Labute approximate surface area is 187 Å². The third-order valence-corrected chi connectivity index (χ3v) is 5.94. The molecule has 0 radical (unpaired) electrons. The van der Waals surface area contributed by atoms with E-state index in [1.54, 1.807) is 6.07 Å². The minimum atomic E-state index is -4.45. The maximum absolute atomic E-state index is 11.7. The van der Waals surface area contributed by atoms with E-state index in [1.807, 2.05) is 6.07 Å². The molecule has 0 N–H and O–H groups in total. The van der Waals surface area contributed by atoms with Crippen LogP contribution >= 0.6 is 0 Å². The molecule has 5 heteroatoms. The van der Waals surface area contributed by atoms with Gasteiger partial charge in [0.2, 0.25) is 0 Å². The molecule has 2 aromatic carbocycles. The van der Waals surface area contributed by atoms with Gasteiger partial charge in [0, 0.05) is 0 Å². The van der Waals surface area contributed by atoms with Gasteiger partial charge in [0.25, 0.3) is 0 Å². The van der Waals surface area contributed by atoms with Crippen LogP contribution in [0.25, 0.3) is 10.8 Å². The zero-order valence-electron chi connectivity index (χ0n) is 17.1. The van der Waals surface area contributed by atoms with Crippen molar-refractivity contribution in [3.05, 3.63) is 41.5 Å². The van der Waals surface area contributed by atoms with Crippen molar-refractivity contribution in [1.82, 2.24) is 0 Å². The van der Waals surface area contributed by atoms with Crippen molar-refractivity contribution >= 4 is 20.9 Å². The zero-order valence-corrected chi connectivity index (χ0v) is 19.9. The number of unbranched alkanes of at least 4 members (excludes halogenated alkanes) is 6. The third-order valence-electron chi connectivity index (χ3n) is 5.02. The average molecular weight is 399 g/mol. The fourth-order valence-electron chi connectivity index (χ4n) is 3.56. The van der Waals surface area contributed by atoms with E-state index in [9.17, 15) is 13.0 Å². The molecule has 0 saturated carbocycles. The summed E-state index contributed by atoms with van der Waals surface area (Å²) in [7, 11) is -4.45. The van der Waals surface area contributed by atoms with Gasteiger partial charge in [-0.2, -0.15) is 0 Å². The third kappa shape index (κ3) is 7.51. The average Bonchev–Trinajstić information content (AvgIpc) is 2.61.